The molecule has 0 spiro atoms. The highest BCUT2D eigenvalue weighted by molar-refractivity contribution is 5.67. The van der Waals surface area contributed by atoms with Crippen molar-refractivity contribution in [3.63, 3.8) is 0 Å². The zero-order valence-corrected chi connectivity index (χ0v) is 11.5. The van der Waals surface area contributed by atoms with E-state index >= 15 is 0 Å². The number of benzene rings is 2. The van der Waals surface area contributed by atoms with Gasteiger partial charge >= 0.3 is 0 Å². The van der Waals surface area contributed by atoms with Gasteiger partial charge in [0.15, 0.2) is 5.69 Å². The van der Waals surface area contributed by atoms with Crippen LogP contribution in [0, 0.1) is 27.3 Å². The molecule has 0 N–H and O–H groups in total. The van der Waals surface area contributed by atoms with E-state index in [1.54, 1.807) is 12.1 Å². The molecule has 0 aliphatic heterocycles. The van der Waals surface area contributed by atoms with E-state index < -0.39 is 10.7 Å². The second-order valence-corrected chi connectivity index (χ2v) is 4.60. The molecule has 1 heterocycles. The van der Waals surface area contributed by atoms with Crippen molar-refractivity contribution in [1.82, 2.24) is 15.0 Å². The number of hydrogen-bond donors (Lipinski definition) is 0. The Hall–Kier alpha value is -3.60. The summed E-state index contributed by atoms with van der Waals surface area (Å²) in [4.78, 5) is 10.4. The van der Waals surface area contributed by atoms with Crippen LogP contribution < -0.4 is 0 Å². The molecule has 0 fully saturated rings. The van der Waals surface area contributed by atoms with Crippen LogP contribution in [-0.4, -0.2) is 19.9 Å². The summed E-state index contributed by atoms with van der Waals surface area (Å²) in [6.45, 7) is 0. The van der Waals surface area contributed by atoms with Gasteiger partial charge in [-0.05, 0) is 18.2 Å². The first-order valence-corrected chi connectivity index (χ1v) is 6.46. The highest BCUT2D eigenvalue weighted by Gasteiger charge is 2.18. The third-order valence-electron chi connectivity index (χ3n) is 3.16. The Morgan fingerprint density at radius 2 is 2.00 bits per heavy atom. The molecular weight excluding hydrogens is 301 g/mol. The molecule has 1 aromatic heterocycles. The second-order valence-electron chi connectivity index (χ2n) is 4.60. The first kappa shape index (κ1) is 14.3. The van der Waals surface area contributed by atoms with E-state index in [0.717, 1.165) is 0 Å². The molecule has 0 saturated heterocycles. The fourth-order valence-electron chi connectivity index (χ4n) is 2.17. The second kappa shape index (κ2) is 5.65. The molecule has 8 heteroatoms. The molecule has 23 heavy (non-hydrogen) atoms. The third kappa shape index (κ3) is 2.63. The molecule has 0 saturated carbocycles. The highest BCUT2D eigenvalue weighted by atomic mass is 19.1. The van der Waals surface area contributed by atoms with Gasteiger partial charge in [0, 0.05) is 17.7 Å². The summed E-state index contributed by atoms with van der Waals surface area (Å²) >= 11 is 0. The standard InChI is InChI=1S/C15H8FN5O2/c16-11-4-1-3-10(7-11)15-14(9-17)18-19-20(15)12-5-2-6-13(8-12)21(22)23/h1-8H. The smallest absolute Gasteiger partial charge is 0.258 e. The topological polar surface area (TPSA) is 97.6 Å². The average molecular weight is 309 g/mol. The van der Waals surface area contributed by atoms with Crippen molar-refractivity contribution in [2.75, 3.05) is 0 Å². The van der Waals surface area contributed by atoms with Gasteiger partial charge in [0.25, 0.3) is 5.69 Å². The average Bonchev–Trinajstić information content (AvgIpc) is 2.99. The van der Waals surface area contributed by atoms with Gasteiger partial charge < -0.3 is 0 Å². The number of rotatable bonds is 3. The number of non-ortho nitro benzene ring substituents is 1. The molecule has 3 rings (SSSR count). The van der Waals surface area contributed by atoms with Gasteiger partial charge in [-0.15, -0.1) is 5.10 Å². The van der Waals surface area contributed by atoms with E-state index in [4.69, 9.17) is 0 Å². The molecule has 0 bridgehead atoms. The van der Waals surface area contributed by atoms with Crippen LogP contribution in [-0.2, 0) is 0 Å². The van der Waals surface area contributed by atoms with E-state index in [9.17, 15) is 19.8 Å². The molecule has 0 radical (unpaired) electrons. The Balaban J connectivity index is 2.22. The third-order valence-corrected chi connectivity index (χ3v) is 3.16. The number of halogens is 1. The summed E-state index contributed by atoms with van der Waals surface area (Å²) in [5, 5.41) is 27.7. The first-order valence-electron chi connectivity index (χ1n) is 6.46. The molecule has 0 aliphatic carbocycles. The Morgan fingerprint density at radius 3 is 2.70 bits per heavy atom. The molecule has 112 valence electrons. The van der Waals surface area contributed by atoms with Gasteiger partial charge in [0.05, 0.1) is 10.6 Å². The molecule has 2 aromatic carbocycles. The van der Waals surface area contributed by atoms with Crippen LogP contribution in [0.2, 0.25) is 0 Å². The van der Waals surface area contributed by atoms with Crippen molar-refractivity contribution >= 4 is 5.69 Å². The van der Waals surface area contributed by atoms with E-state index in [2.05, 4.69) is 10.3 Å². The van der Waals surface area contributed by atoms with Crippen LogP contribution >= 0.6 is 0 Å². The van der Waals surface area contributed by atoms with Gasteiger partial charge in [0.1, 0.15) is 17.6 Å². The zero-order valence-electron chi connectivity index (χ0n) is 11.5. The first-order chi connectivity index (χ1) is 11.1. The summed E-state index contributed by atoms with van der Waals surface area (Å²) in [6, 6.07) is 13.2. The lowest BCUT2D eigenvalue weighted by Crippen LogP contribution is -2.01. The Labute approximate surface area is 129 Å². The quantitative estimate of drug-likeness (QED) is 0.547. The van der Waals surface area contributed by atoms with Crippen LogP contribution in [0.15, 0.2) is 48.5 Å². The van der Waals surface area contributed by atoms with Gasteiger partial charge in [-0.3, -0.25) is 10.1 Å². The highest BCUT2D eigenvalue weighted by Crippen LogP contribution is 2.26. The number of nitro benzene ring substituents is 1. The summed E-state index contributed by atoms with van der Waals surface area (Å²) in [5.41, 5.74) is 0.904. The molecule has 0 unspecified atom stereocenters. The van der Waals surface area contributed by atoms with Crippen LogP contribution in [0.1, 0.15) is 5.69 Å². The van der Waals surface area contributed by atoms with Crippen LogP contribution in [0.3, 0.4) is 0 Å². The monoisotopic (exact) mass is 309 g/mol. The van der Waals surface area contributed by atoms with Gasteiger partial charge in [-0.2, -0.15) is 5.26 Å². The minimum Gasteiger partial charge on any atom is -0.258 e. The van der Waals surface area contributed by atoms with Crippen molar-refractivity contribution < 1.29 is 9.31 Å². The van der Waals surface area contributed by atoms with Gasteiger partial charge in [-0.25, -0.2) is 9.07 Å². The number of nitriles is 1. The van der Waals surface area contributed by atoms with Gasteiger partial charge in [0.2, 0.25) is 0 Å². The predicted octanol–water partition coefficient (Wildman–Crippen LogP) is 2.85. The maximum Gasteiger partial charge on any atom is 0.271 e. The van der Waals surface area contributed by atoms with E-state index in [1.165, 1.54) is 41.1 Å². The van der Waals surface area contributed by atoms with E-state index in [-0.39, 0.29) is 17.1 Å². The normalized spacial score (nSPS) is 10.3. The van der Waals surface area contributed by atoms with Crippen molar-refractivity contribution in [1.29, 1.82) is 5.26 Å². The lowest BCUT2D eigenvalue weighted by molar-refractivity contribution is -0.384. The van der Waals surface area contributed by atoms with Crippen LogP contribution in [0.4, 0.5) is 10.1 Å². The molecule has 0 atom stereocenters. The fraction of sp³-hybridized carbons (Fsp3) is 0. The summed E-state index contributed by atoms with van der Waals surface area (Å²) in [7, 11) is 0. The lowest BCUT2D eigenvalue weighted by Gasteiger charge is -2.06. The number of nitro groups is 1. The van der Waals surface area contributed by atoms with Crippen molar-refractivity contribution in [3.8, 4) is 23.0 Å². The summed E-state index contributed by atoms with van der Waals surface area (Å²) in [6.07, 6.45) is 0. The van der Waals surface area contributed by atoms with Crippen LogP contribution in [0.25, 0.3) is 16.9 Å². The molecule has 3 aromatic rings. The maximum absolute atomic E-state index is 13.5. The van der Waals surface area contributed by atoms with Gasteiger partial charge in [-0.1, -0.05) is 23.4 Å². The summed E-state index contributed by atoms with van der Waals surface area (Å²) in [5.74, 6) is -0.474. The zero-order chi connectivity index (χ0) is 16.4. The lowest BCUT2D eigenvalue weighted by atomic mass is 10.1. The van der Waals surface area contributed by atoms with E-state index in [0.29, 0.717) is 11.3 Å². The van der Waals surface area contributed by atoms with Crippen molar-refractivity contribution in [3.05, 3.63) is 70.2 Å². The Morgan fingerprint density at radius 1 is 1.22 bits per heavy atom. The Kier molecular flexibility index (Phi) is 3.52. The van der Waals surface area contributed by atoms with Crippen molar-refractivity contribution in [2.24, 2.45) is 0 Å². The number of hydrogen-bond acceptors (Lipinski definition) is 5. The van der Waals surface area contributed by atoms with Crippen LogP contribution in [0.5, 0.6) is 0 Å². The molecular formula is C15H8FN5O2. The fourth-order valence-corrected chi connectivity index (χ4v) is 2.17. The largest absolute Gasteiger partial charge is 0.271 e. The minimum atomic E-state index is -0.534. The summed E-state index contributed by atoms with van der Waals surface area (Å²) < 4.78 is 14.8. The number of aromatic nitrogens is 3. The minimum absolute atomic E-state index is 0.00195. The SMILES string of the molecule is N#Cc1nnn(-c2cccc([N+](=O)[O-])c2)c1-c1cccc(F)c1. The molecule has 0 aliphatic rings. The number of nitrogens with zero attached hydrogens (tertiary/aromatic N) is 5. The molecule has 0 amide bonds. The molecule has 7 nitrogen and oxygen atoms in total. The van der Waals surface area contributed by atoms with Crippen molar-refractivity contribution in [2.45, 2.75) is 0 Å². The maximum atomic E-state index is 13.5. The predicted molar refractivity (Wildman–Crippen MR) is 78.1 cm³/mol. The Bertz CT molecular complexity index is 945. The van der Waals surface area contributed by atoms with E-state index in [1.807, 2.05) is 6.07 Å².